The van der Waals surface area contributed by atoms with Crippen molar-refractivity contribution in [3.05, 3.63) is 24.0 Å². The van der Waals surface area contributed by atoms with Crippen LogP contribution in [0.3, 0.4) is 0 Å². The average molecular weight is 135 g/mol. The highest BCUT2D eigenvalue weighted by Crippen LogP contribution is 2.06. The molecule has 0 aliphatic carbocycles. The summed E-state index contributed by atoms with van der Waals surface area (Å²) in [4.78, 5) is 0. The summed E-state index contributed by atoms with van der Waals surface area (Å²) in [7, 11) is 0. The lowest BCUT2D eigenvalue weighted by atomic mass is 10.3. The molecule has 0 bridgehead atoms. The van der Waals surface area contributed by atoms with Crippen LogP contribution in [0.15, 0.2) is 18.3 Å². The van der Waals surface area contributed by atoms with Gasteiger partial charge in [0, 0.05) is 0 Å². The molecule has 1 rings (SSSR count). The molecular formula is C7H9N3. The number of anilines is 1. The Hall–Kier alpha value is -1.38. The van der Waals surface area contributed by atoms with E-state index in [4.69, 9.17) is 5.73 Å². The second-order valence-corrected chi connectivity index (χ2v) is 1.87. The Balaban J connectivity index is 3.03. The molecule has 2 N–H and O–H groups in total. The average Bonchev–Trinajstić information content (AvgIpc) is 1.94. The summed E-state index contributed by atoms with van der Waals surface area (Å²) < 4.78 is 0. The molecule has 52 valence electrons. The van der Waals surface area contributed by atoms with Gasteiger partial charge in [-0.3, -0.25) is 0 Å². The summed E-state index contributed by atoms with van der Waals surface area (Å²) in [6.45, 7) is 1.91. The van der Waals surface area contributed by atoms with E-state index in [1.54, 1.807) is 12.3 Å². The van der Waals surface area contributed by atoms with E-state index in [9.17, 15) is 0 Å². The second-order valence-electron chi connectivity index (χ2n) is 1.87. The number of nitrogen functional groups attached to an aromatic ring is 1. The van der Waals surface area contributed by atoms with E-state index in [0.29, 0.717) is 5.69 Å². The smallest absolute Gasteiger partial charge is 0.108 e. The molecule has 1 aromatic rings. The summed E-state index contributed by atoms with van der Waals surface area (Å²) in [5.41, 5.74) is 6.94. The molecule has 1 heterocycles. The molecule has 0 atom stereocenters. The van der Waals surface area contributed by atoms with Gasteiger partial charge < -0.3 is 5.73 Å². The topological polar surface area (TPSA) is 51.8 Å². The minimum atomic E-state index is 0.660. The van der Waals surface area contributed by atoms with E-state index in [1.807, 2.05) is 19.1 Å². The Morgan fingerprint density at radius 3 is 3.00 bits per heavy atom. The van der Waals surface area contributed by atoms with Crippen LogP contribution in [0.25, 0.3) is 6.08 Å². The van der Waals surface area contributed by atoms with Crippen LogP contribution in [0.1, 0.15) is 12.6 Å². The molecule has 3 nitrogen and oxygen atoms in total. The quantitative estimate of drug-likeness (QED) is 0.627. The largest absolute Gasteiger partial charge is 0.397 e. The van der Waals surface area contributed by atoms with Crippen molar-refractivity contribution < 1.29 is 0 Å². The summed E-state index contributed by atoms with van der Waals surface area (Å²) in [6, 6.07) is 1.72. The van der Waals surface area contributed by atoms with Crippen molar-refractivity contribution >= 4 is 11.8 Å². The first kappa shape index (κ1) is 6.74. The molecule has 0 spiro atoms. The maximum atomic E-state index is 5.55. The zero-order valence-electron chi connectivity index (χ0n) is 5.78. The zero-order valence-corrected chi connectivity index (χ0v) is 5.78. The number of allylic oxidation sites excluding steroid dienone is 1. The van der Waals surface area contributed by atoms with Crippen LogP contribution in [0.5, 0.6) is 0 Å². The molecule has 0 fully saturated rings. The van der Waals surface area contributed by atoms with Crippen molar-refractivity contribution in [2.45, 2.75) is 6.92 Å². The molecule has 0 unspecified atom stereocenters. The third-order valence-electron chi connectivity index (χ3n) is 1.11. The van der Waals surface area contributed by atoms with E-state index in [-0.39, 0.29) is 0 Å². The number of hydrogen-bond donors (Lipinski definition) is 1. The predicted octanol–water partition coefficient (Wildman–Crippen LogP) is 1.09. The van der Waals surface area contributed by atoms with Gasteiger partial charge in [0.1, 0.15) is 5.69 Å². The highest BCUT2D eigenvalue weighted by Gasteiger charge is 1.91. The Labute approximate surface area is 59.6 Å². The minimum Gasteiger partial charge on any atom is -0.397 e. The molecule has 10 heavy (non-hydrogen) atoms. The van der Waals surface area contributed by atoms with Gasteiger partial charge in [0.25, 0.3) is 0 Å². The SMILES string of the molecule is C/C=C\c1nnccc1N. The molecule has 3 heteroatoms. The van der Waals surface area contributed by atoms with E-state index in [2.05, 4.69) is 10.2 Å². The number of aromatic nitrogens is 2. The molecule has 0 amide bonds. The third kappa shape index (κ3) is 1.31. The maximum Gasteiger partial charge on any atom is 0.108 e. The van der Waals surface area contributed by atoms with Crippen molar-refractivity contribution in [1.82, 2.24) is 10.2 Å². The van der Waals surface area contributed by atoms with Crippen molar-refractivity contribution in [1.29, 1.82) is 0 Å². The van der Waals surface area contributed by atoms with Gasteiger partial charge in [-0.2, -0.15) is 5.10 Å². The Bertz CT molecular complexity index is 242. The predicted molar refractivity (Wildman–Crippen MR) is 41.2 cm³/mol. The zero-order chi connectivity index (χ0) is 7.40. The van der Waals surface area contributed by atoms with Crippen LogP contribution in [-0.2, 0) is 0 Å². The van der Waals surface area contributed by atoms with Crippen LogP contribution < -0.4 is 5.73 Å². The highest BCUT2D eigenvalue weighted by atomic mass is 15.1. The first-order valence-electron chi connectivity index (χ1n) is 3.04. The monoisotopic (exact) mass is 135 g/mol. The van der Waals surface area contributed by atoms with Gasteiger partial charge in [0.2, 0.25) is 0 Å². The molecular weight excluding hydrogens is 126 g/mol. The van der Waals surface area contributed by atoms with Crippen molar-refractivity contribution in [2.75, 3.05) is 5.73 Å². The van der Waals surface area contributed by atoms with Gasteiger partial charge in [0.05, 0.1) is 11.9 Å². The highest BCUT2D eigenvalue weighted by molar-refractivity contribution is 5.58. The lowest BCUT2D eigenvalue weighted by Gasteiger charge is -1.93. The lowest BCUT2D eigenvalue weighted by molar-refractivity contribution is 1.02. The minimum absolute atomic E-state index is 0.660. The van der Waals surface area contributed by atoms with Crippen molar-refractivity contribution in [3.63, 3.8) is 0 Å². The summed E-state index contributed by atoms with van der Waals surface area (Å²) in [5.74, 6) is 0. The third-order valence-corrected chi connectivity index (χ3v) is 1.11. The summed E-state index contributed by atoms with van der Waals surface area (Å²) in [6.07, 6.45) is 5.27. The fourth-order valence-corrected chi connectivity index (χ4v) is 0.640. The van der Waals surface area contributed by atoms with Gasteiger partial charge in [-0.05, 0) is 19.1 Å². The van der Waals surface area contributed by atoms with Crippen molar-refractivity contribution in [3.8, 4) is 0 Å². The van der Waals surface area contributed by atoms with Crippen LogP contribution in [0.2, 0.25) is 0 Å². The Morgan fingerprint density at radius 2 is 2.40 bits per heavy atom. The second kappa shape index (κ2) is 2.96. The van der Waals surface area contributed by atoms with Crippen LogP contribution >= 0.6 is 0 Å². The first-order valence-corrected chi connectivity index (χ1v) is 3.04. The van der Waals surface area contributed by atoms with Gasteiger partial charge in [-0.15, -0.1) is 5.10 Å². The van der Waals surface area contributed by atoms with Gasteiger partial charge in [0.15, 0.2) is 0 Å². The number of nitrogens with two attached hydrogens (primary N) is 1. The summed E-state index contributed by atoms with van der Waals surface area (Å²) in [5, 5.41) is 7.49. The number of nitrogens with zero attached hydrogens (tertiary/aromatic N) is 2. The van der Waals surface area contributed by atoms with E-state index in [0.717, 1.165) is 5.69 Å². The standard InChI is InChI=1S/C7H9N3/c1-2-3-7-6(8)4-5-9-10-7/h2-5H,1H3,(H2,8,9)/b3-2-. The van der Waals surface area contributed by atoms with Gasteiger partial charge >= 0.3 is 0 Å². The van der Waals surface area contributed by atoms with Crippen LogP contribution in [0.4, 0.5) is 5.69 Å². The molecule has 0 aliphatic heterocycles. The molecule has 0 aliphatic rings. The van der Waals surface area contributed by atoms with Crippen LogP contribution in [-0.4, -0.2) is 10.2 Å². The maximum absolute atomic E-state index is 5.55. The molecule has 0 radical (unpaired) electrons. The van der Waals surface area contributed by atoms with E-state index in [1.165, 1.54) is 0 Å². The van der Waals surface area contributed by atoms with E-state index < -0.39 is 0 Å². The molecule has 0 aromatic carbocycles. The normalized spacial score (nSPS) is 10.5. The van der Waals surface area contributed by atoms with Gasteiger partial charge in [-0.25, -0.2) is 0 Å². The Kier molecular flexibility index (Phi) is 1.99. The molecule has 0 saturated carbocycles. The fraction of sp³-hybridized carbons (Fsp3) is 0.143. The van der Waals surface area contributed by atoms with Crippen LogP contribution in [0, 0.1) is 0 Å². The van der Waals surface area contributed by atoms with E-state index >= 15 is 0 Å². The molecule has 1 aromatic heterocycles. The number of rotatable bonds is 1. The fourth-order valence-electron chi connectivity index (χ4n) is 0.640. The lowest BCUT2D eigenvalue weighted by Crippen LogP contribution is -1.93. The van der Waals surface area contributed by atoms with Gasteiger partial charge in [-0.1, -0.05) is 6.08 Å². The van der Waals surface area contributed by atoms with Crippen molar-refractivity contribution in [2.24, 2.45) is 0 Å². The first-order chi connectivity index (χ1) is 4.84. The Morgan fingerprint density at radius 1 is 1.60 bits per heavy atom. The summed E-state index contributed by atoms with van der Waals surface area (Å²) >= 11 is 0. The molecule has 0 saturated heterocycles. The number of hydrogen-bond acceptors (Lipinski definition) is 3.